The second kappa shape index (κ2) is 6.63. The van der Waals surface area contributed by atoms with E-state index < -0.39 is 0 Å². The van der Waals surface area contributed by atoms with Crippen molar-refractivity contribution in [2.45, 2.75) is 26.1 Å². The molecule has 118 valence electrons. The normalized spacial score (nSPS) is 20.8. The molecule has 1 aliphatic heterocycles. The van der Waals surface area contributed by atoms with Gasteiger partial charge in [0.25, 0.3) is 0 Å². The van der Waals surface area contributed by atoms with Gasteiger partial charge in [-0.25, -0.2) is 9.97 Å². The molecular weight excluding hydrogens is 290 g/mol. The van der Waals surface area contributed by atoms with E-state index in [-0.39, 0.29) is 12.2 Å². The molecule has 3 heterocycles. The average Bonchev–Trinajstić information content (AvgIpc) is 2.55. The van der Waals surface area contributed by atoms with Crippen molar-refractivity contribution in [1.82, 2.24) is 9.97 Å². The van der Waals surface area contributed by atoms with Gasteiger partial charge in [0, 0.05) is 19.3 Å². The minimum atomic E-state index is 0.209. The van der Waals surface area contributed by atoms with Crippen LogP contribution in [0.4, 0.5) is 17.3 Å². The van der Waals surface area contributed by atoms with Crippen molar-refractivity contribution in [2.75, 3.05) is 23.3 Å². The summed E-state index contributed by atoms with van der Waals surface area (Å²) in [6, 6.07) is 9.53. The lowest BCUT2D eigenvalue weighted by Gasteiger charge is -2.36. The van der Waals surface area contributed by atoms with Gasteiger partial charge in [-0.2, -0.15) is 5.26 Å². The fourth-order valence-corrected chi connectivity index (χ4v) is 2.69. The van der Waals surface area contributed by atoms with Crippen LogP contribution in [-0.4, -0.2) is 35.3 Å². The second-order valence-electron chi connectivity index (χ2n) is 5.74. The van der Waals surface area contributed by atoms with Crippen molar-refractivity contribution in [3.63, 3.8) is 0 Å². The maximum Gasteiger partial charge on any atom is 0.130 e. The fourth-order valence-electron chi connectivity index (χ4n) is 2.69. The van der Waals surface area contributed by atoms with Crippen molar-refractivity contribution in [2.24, 2.45) is 0 Å². The number of aromatic nitrogens is 2. The first-order valence-corrected chi connectivity index (χ1v) is 7.63. The van der Waals surface area contributed by atoms with E-state index in [1.54, 1.807) is 24.5 Å². The summed E-state index contributed by atoms with van der Waals surface area (Å²) in [4.78, 5) is 11.0. The summed E-state index contributed by atoms with van der Waals surface area (Å²) in [5.41, 5.74) is 1.40. The molecule has 0 aromatic carbocycles. The smallest absolute Gasteiger partial charge is 0.130 e. The van der Waals surface area contributed by atoms with Gasteiger partial charge in [-0.15, -0.1) is 0 Å². The van der Waals surface area contributed by atoms with Crippen LogP contribution in [0.1, 0.15) is 19.4 Å². The molecule has 1 N–H and O–H groups in total. The Morgan fingerprint density at radius 1 is 1.13 bits per heavy atom. The number of anilines is 3. The number of hydrogen-bond donors (Lipinski definition) is 1. The molecule has 3 rings (SSSR count). The first kappa shape index (κ1) is 15.3. The Hall–Kier alpha value is -2.65. The van der Waals surface area contributed by atoms with Crippen LogP contribution in [0, 0.1) is 11.3 Å². The zero-order valence-electron chi connectivity index (χ0n) is 13.2. The molecule has 0 aliphatic carbocycles. The summed E-state index contributed by atoms with van der Waals surface area (Å²) in [6.07, 6.45) is 3.75. The highest BCUT2D eigenvalue weighted by Crippen LogP contribution is 2.21. The lowest BCUT2D eigenvalue weighted by molar-refractivity contribution is -0.00545. The molecule has 6 nitrogen and oxygen atoms in total. The molecule has 0 unspecified atom stereocenters. The fraction of sp³-hybridized carbons (Fsp3) is 0.353. The van der Waals surface area contributed by atoms with Crippen LogP contribution in [0.5, 0.6) is 0 Å². The summed E-state index contributed by atoms with van der Waals surface area (Å²) in [6.45, 7) is 5.85. The van der Waals surface area contributed by atoms with Gasteiger partial charge >= 0.3 is 0 Å². The number of rotatable bonds is 3. The Morgan fingerprint density at radius 2 is 1.91 bits per heavy atom. The monoisotopic (exact) mass is 309 g/mol. The second-order valence-corrected chi connectivity index (χ2v) is 5.74. The Kier molecular flexibility index (Phi) is 4.40. The third kappa shape index (κ3) is 3.76. The Morgan fingerprint density at radius 3 is 2.48 bits per heavy atom. The lowest BCUT2D eigenvalue weighted by atomic mass is 10.2. The number of hydrogen-bond acceptors (Lipinski definition) is 6. The SMILES string of the molecule is C[C@@H]1CN(c2ccc(Nc3ccc(C#N)cn3)cn2)C[C@H](C)O1. The zero-order valence-corrected chi connectivity index (χ0v) is 13.2. The highest BCUT2D eigenvalue weighted by atomic mass is 16.5. The van der Waals surface area contributed by atoms with Crippen LogP contribution in [-0.2, 0) is 4.74 Å². The number of nitrogens with one attached hydrogen (secondary N) is 1. The van der Waals surface area contributed by atoms with E-state index in [0.717, 1.165) is 24.6 Å². The predicted octanol–water partition coefficient (Wildman–Crippen LogP) is 2.71. The molecule has 2 aromatic rings. The summed E-state index contributed by atoms with van der Waals surface area (Å²) in [5, 5.41) is 12.0. The lowest BCUT2D eigenvalue weighted by Crippen LogP contribution is -2.45. The number of ether oxygens (including phenoxy) is 1. The van der Waals surface area contributed by atoms with Gasteiger partial charge in [-0.1, -0.05) is 0 Å². The topological polar surface area (TPSA) is 74.1 Å². The van der Waals surface area contributed by atoms with Gasteiger partial charge in [0.1, 0.15) is 17.7 Å². The van der Waals surface area contributed by atoms with Gasteiger partial charge in [0.15, 0.2) is 0 Å². The molecule has 0 amide bonds. The van der Waals surface area contributed by atoms with Gasteiger partial charge in [0.05, 0.1) is 29.7 Å². The third-order valence-electron chi connectivity index (χ3n) is 3.66. The van der Waals surface area contributed by atoms with Crippen LogP contribution in [0.15, 0.2) is 36.7 Å². The summed E-state index contributed by atoms with van der Waals surface area (Å²) in [5.74, 6) is 1.64. The molecule has 1 fully saturated rings. The summed E-state index contributed by atoms with van der Waals surface area (Å²) in [7, 11) is 0. The molecule has 2 aromatic heterocycles. The maximum absolute atomic E-state index is 8.78. The zero-order chi connectivity index (χ0) is 16.2. The van der Waals surface area contributed by atoms with Crippen molar-refractivity contribution >= 4 is 17.3 Å². The van der Waals surface area contributed by atoms with Crippen LogP contribution < -0.4 is 10.2 Å². The van der Waals surface area contributed by atoms with E-state index in [2.05, 4.69) is 40.1 Å². The van der Waals surface area contributed by atoms with E-state index >= 15 is 0 Å². The summed E-state index contributed by atoms with van der Waals surface area (Å²) >= 11 is 0. The van der Waals surface area contributed by atoms with Crippen LogP contribution >= 0.6 is 0 Å². The quantitative estimate of drug-likeness (QED) is 0.939. The molecular formula is C17H19N5O. The van der Waals surface area contributed by atoms with Crippen molar-refractivity contribution in [1.29, 1.82) is 5.26 Å². The minimum Gasteiger partial charge on any atom is -0.372 e. The number of morpholine rings is 1. The van der Waals surface area contributed by atoms with Gasteiger partial charge in [-0.3, -0.25) is 0 Å². The molecule has 23 heavy (non-hydrogen) atoms. The van der Waals surface area contributed by atoms with Crippen LogP contribution in [0.25, 0.3) is 0 Å². The van der Waals surface area contributed by atoms with E-state index in [9.17, 15) is 0 Å². The van der Waals surface area contributed by atoms with Crippen molar-refractivity contribution in [3.8, 4) is 6.07 Å². The van der Waals surface area contributed by atoms with E-state index in [0.29, 0.717) is 11.4 Å². The van der Waals surface area contributed by atoms with Crippen LogP contribution in [0.2, 0.25) is 0 Å². The molecule has 0 bridgehead atoms. The molecule has 1 saturated heterocycles. The Labute approximate surface area is 135 Å². The van der Waals surface area contributed by atoms with Crippen LogP contribution in [0.3, 0.4) is 0 Å². The van der Waals surface area contributed by atoms with Gasteiger partial charge in [-0.05, 0) is 38.1 Å². The molecule has 1 aliphatic rings. The van der Waals surface area contributed by atoms with E-state index in [1.165, 1.54) is 0 Å². The maximum atomic E-state index is 8.78. The van der Waals surface area contributed by atoms with Gasteiger partial charge < -0.3 is 15.0 Å². The van der Waals surface area contributed by atoms with Crippen molar-refractivity contribution in [3.05, 3.63) is 42.2 Å². The van der Waals surface area contributed by atoms with E-state index in [1.807, 2.05) is 12.1 Å². The van der Waals surface area contributed by atoms with Crippen molar-refractivity contribution < 1.29 is 4.74 Å². The Bertz CT molecular complexity index is 682. The standard InChI is InChI=1S/C17H19N5O/c1-12-10-22(11-13(2)23-12)17-6-4-15(9-20-17)21-16-5-3-14(7-18)8-19-16/h3-6,8-9,12-13H,10-11H2,1-2H3,(H,19,21)/t12-,13+. The highest BCUT2D eigenvalue weighted by molar-refractivity contribution is 5.57. The molecule has 0 radical (unpaired) electrons. The highest BCUT2D eigenvalue weighted by Gasteiger charge is 2.22. The first-order valence-electron chi connectivity index (χ1n) is 7.63. The number of nitriles is 1. The molecule has 0 spiro atoms. The summed E-state index contributed by atoms with van der Waals surface area (Å²) < 4.78 is 5.75. The molecule has 6 heteroatoms. The predicted molar refractivity (Wildman–Crippen MR) is 88.7 cm³/mol. The average molecular weight is 309 g/mol. The minimum absolute atomic E-state index is 0.209. The molecule has 2 atom stereocenters. The number of pyridine rings is 2. The van der Waals surface area contributed by atoms with E-state index in [4.69, 9.17) is 10.00 Å². The first-order chi connectivity index (χ1) is 11.1. The molecule has 0 saturated carbocycles. The Balaban J connectivity index is 1.68. The third-order valence-corrected chi connectivity index (χ3v) is 3.66. The van der Waals surface area contributed by atoms with Gasteiger partial charge in [0.2, 0.25) is 0 Å². The largest absolute Gasteiger partial charge is 0.372 e. The number of nitrogens with zero attached hydrogens (tertiary/aromatic N) is 4.